The lowest BCUT2D eigenvalue weighted by atomic mass is 10.0. The van der Waals surface area contributed by atoms with E-state index in [1.54, 1.807) is 0 Å². The fourth-order valence-electron chi connectivity index (χ4n) is 4.61. The number of aryl methyl sites for hydroxylation is 1. The van der Waals surface area contributed by atoms with Gasteiger partial charge in [0.05, 0.1) is 23.1 Å². The summed E-state index contributed by atoms with van der Waals surface area (Å²) in [6, 6.07) is 16.1. The van der Waals surface area contributed by atoms with E-state index in [1.807, 2.05) is 49.5 Å². The van der Waals surface area contributed by atoms with E-state index in [-0.39, 0.29) is 24.2 Å². The number of hydrogen-bond acceptors (Lipinski definition) is 7. The molecule has 0 bridgehead atoms. The number of nitrogens with zero attached hydrogens (tertiary/aromatic N) is 1. The molecule has 0 aliphatic carbocycles. The van der Waals surface area contributed by atoms with Crippen molar-refractivity contribution in [2.75, 3.05) is 17.2 Å². The molecule has 2 N–H and O–H groups in total. The fraction of sp³-hybridized carbons (Fsp3) is 0.333. The predicted molar refractivity (Wildman–Crippen MR) is 131 cm³/mol. The summed E-state index contributed by atoms with van der Waals surface area (Å²) in [7, 11) is 0. The lowest BCUT2D eigenvalue weighted by molar-refractivity contribution is -0.149. The van der Waals surface area contributed by atoms with Crippen LogP contribution in [0.15, 0.2) is 54.7 Å². The predicted octanol–water partition coefficient (Wildman–Crippen LogP) is 5.71. The maximum atomic E-state index is 11.5. The molecule has 2 aliphatic heterocycles. The minimum Gasteiger partial charge on any atom is -0.489 e. The number of para-hydroxylation sites is 1. The summed E-state index contributed by atoms with van der Waals surface area (Å²) in [5.41, 5.74) is 5.90. The topological polar surface area (TPSA) is 81.7 Å². The number of fused-ring (bicyclic) bond motifs is 2. The highest BCUT2D eigenvalue weighted by Gasteiger charge is 2.34. The second kappa shape index (κ2) is 9.25. The maximum absolute atomic E-state index is 11.5. The highest BCUT2D eigenvalue weighted by atomic mass is 16.6. The monoisotopic (exact) mass is 459 g/mol. The first-order chi connectivity index (χ1) is 16.5. The van der Waals surface area contributed by atoms with Crippen molar-refractivity contribution in [2.45, 2.75) is 51.9 Å². The molecule has 0 saturated heterocycles. The minimum atomic E-state index is -0.379. The minimum absolute atomic E-state index is 0.00176. The number of ether oxygens (including phenoxy) is 3. The molecule has 34 heavy (non-hydrogen) atoms. The first-order valence-electron chi connectivity index (χ1n) is 11.7. The quantitative estimate of drug-likeness (QED) is 0.438. The van der Waals surface area contributed by atoms with Crippen LogP contribution in [0, 0.1) is 0 Å². The van der Waals surface area contributed by atoms with Crippen LogP contribution in [0.3, 0.4) is 0 Å². The van der Waals surface area contributed by atoms with Crippen LogP contribution in [0.25, 0.3) is 0 Å². The Labute approximate surface area is 199 Å². The Morgan fingerprint density at radius 2 is 2.00 bits per heavy atom. The number of esters is 1. The van der Waals surface area contributed by atoms with E-state index in [9.17, 15) is 4.79 Å². The van der Waals surface area contributed by atoms with Crippen molar-refractivity contribution in [3.05, 3.63) is 71.5 Å². The summed E-state index contributed by atoms with van der Waals surface area (Å²) in [6.45, 7) is 6.00. The van der Waals surface area contributed by atoms with Crippen LogP contribution in [-0.2, 0) is 16.0 Å². The van der Waals surface area contributed by atoms with Crippen LogP contribution >= 0.6 is 0 Å². The molecular formula is C27H29N3O4. The molecule has 2 aliphatic rings. The van der Waals surface area contributed by atoms with Gasteiger partial charge in [-0.1, -0.05) is 25.5 Å². The third-order valence-electron chi connectivity index (χ3n) is 6.15. The lowest BCUT2D eigenvalue weighted by Crippen LogP contribution is -2.18. The van der Waals surface area contributed by atoms with Crippen LogP contribution in [-0.4, -0.2) is 23.7 Å². The number of rotatable bonds is 7. The molecule has 3 heterocycles. The number of carbonyl (C=O) groups excluding carboxylic acids is 1. The van der Waals surface area contributed by atoms with Crippen molar-refractivity contribution >= 4 is 23.0 Å². The average Bonchev–Trinajstić information content (AvgIpc) is 3.36. The second-order valence-electron chi connectivity index (χ2n) is 8.71. The normalized spacial score (nSPS) is 20.0. The van der Waals surface area contributed by atoms with Gasteiger partial charge in [0.25, 0.3) is 0 Å². The Bertz CT molecular complexity index is 1210. The summed E-state index contributed by atoms with van der Waals surface area (Å²) in [6.07, 6.45) is 3.18. The second-order valence-corrected chi connectivity index (χ2v) is 8.71. The zero-order valence-electron chi connectivity index (χ0n) is 19.6. The van der Waals surface area contributed by atoms with E-state index in [0.29, 0.717) is 6.61 Å². The number of anilines is 3. The zero-order chi connectivity index (χ0) is 23.7. The molecule has 7 heteroatoms. The largest absolute Gasteiger partial charge is 0.489 e. The standard InChI is InChI=1S/C27H29N3O4/c1-4-7-21-22(10-6-13-28-21)30-23-9-5-8-19-24(15-32-27(19)23)29-18-11-12-20-25(14-18)33-16(2)26(20)34-17(3)31/h5-6,8-14,16,24,26,29-30H,4,7,15H2,1-3H3/t16?,24-,26-/m1/s1. The number of nitrogens with one attached hydrogen (secondary N) is 2. The molecular weight excluding hydrogens is 430 g/mol. The first-order valence-corrected chi connectivity index (χ1v) is 11.7. The van der Waals surface area contributed by atoms with Crippen LogP contribution in [0.2, 0.25) is 0 Å². The average molecular weight is 460 g/mol. The molecule has 0 fully saturated rings. The third-order valence-corrected chi connectivity index (χ3v) is 6.15. The first kappa shape index (κ1) is 22.1. The molecule has 0 spiro atoms. The summed E-state index contributed by atoms with van der Waals surface area (Å²) < 4.78 is 17.5. The van der Waals surface area contributed by atoms with E-state index in [0.717, 1.165) is 58.2 Å². The summed E-state index contributed by atoms with van der Waals surface area (Å²) in [5, 5.41) is 7.09. The van der Waals surface area contributed by atoms with Gasteiger partial charge in [-0.3, -0.25) is 9.78 Å². The third kappa shape index (κ3) is 4.25. The van der Waals surface area contributed by atoms with E-state index in [1.165, 1.54) is 6.92 Å². The number of aromatic nitrogens is 1. The van der Waals surface area contributed by atoms with Crippen LogP contribution < -0.4 is 20.1 Å². The van der Waals surface area contributed by atoms with Gasteiger partial charge in [0.15, 0.2) is 6.10 Å². The maximum Gasteiger partial charge on any atom is 0.303 e. The Kier molecular flexibility index (Phi) is 6.01. The van der Waals surface area contributed by atoms with Gasteiger partial charge in [-0.15, -0.1) is 0 Å². The molecule has 2 aromatic carbocycles. The smallest absolute Gasteiger partial charge is 0.303 e. The van der Waals surface area contributed by atoms with Crippen molar-refractivity contribution in [3.63, 3.8) is 0 Å². The van der Waals surface area contributed by atoms with Gasteiger partial charge in [-0.05, 0) is 43.7 Å². The Morgan fingerprint density at radius 1 is 1.15 bits per heavy atom. The Hall–Kier alpha value is -3.74. The van der Waals surface area contributed by atoms with Crippen molar-refractivity contribution < 1.29 is 19.0 Å². The van der Waals surface area contributed by atoms with Crippen molar-refractivity contribution in [1.82, 2.24) is 4.98 Å². The summed E-state index contributed by atoms with van der Waals surface area (Å²) >= 11 is 0. The summed E-state index contributed by atoms with van der Waals surface area (Å²) in [4.78, 5) is 16.0. The Balaban J connectivity index is 1.35. The molecule has 0 amide bonds. The van der Waals surface area contributed by atoms with E-state index < -0.39 is 0 Å². The zero-order valence-corrected chi connectivity index (χ0v) is 19.6. The SMILES string of the molecule is CCCc1ncccc1Nc1cccc2c1OC[C@H]2Nc1ccc2c(c1)OC(C)[C@H]2OC(C)=O. The van der Waals surface area contributed by atoms with Crippen LogP contribution in [0.5, 0.6) is 11.5 Å². The molecule has 7 nitrogen and oxygen atoms in total. The Morgan fingerprint density at radius 3 is 2.82 bits per heavy atom. The van der Waals surface area contributed by atoms with Gasteiger partial charge >= 0.3 is 5.97 Å². The van der Waals surface area contributed by atoms with E-state index in [4.69, 9.17) is 14.2 Å². The van der Waals surface area contributed by atoms with Gasteiger partial charge in [0.1, 0.15) is 24.2 Å². The molecule has 0 saturated carbocycles. The lowest BCUT2D eigenvalue weighted by Gasteiger charge is -2.15. The molecule has 3 atom stereocenters. The summed E-state index contributed by atoms with van der Waals surface area (Å²) in [5.74, 6) is 1.28. The molecule has 0 radical (unpaired) electrons. The highest BCUT2D eigenvalue weighted by Crippen LogP contribution is 2.44. The number of carbonyl (C=O) groups is 1. The van der Waals surface area contributed by atoms with Crippen LogP contribution in [0.1, 0.15) is 56.2 Å². The van der Waals surface area contributed by atoms with E-state index in [2.05, 4.69) is 34.7 Å². The molecule has 176 valence electrons. The van der Waals surface area contributed by atoms with Gasteiger partial charge in [0.2, 0.25) is 0 Å². The van der Waals surface area contributed by atoms with Crippen LogP contribution in [0.4, 0.5) is 17.1 Å². The van der Waals surface area contributed by atoms with Gasteiger partial charge in [-0.2, -0.15) is 0 Å². The van der Waals surface area contributed by atoms with E-state index >= 15 is 0 Å². The molecule has 1 unspecified atom stereocenters. The van der Waals surface area contributed by atoms with Gasteiger partial charge < -0.3 is 24.8 Å². The fourth-order valence-corrected chi connectivity index (χ4v) is 4.61. The molecule has 5 rings (SSSR count). The molecule has 3 aromatic rings. The highest BCUT2D eigenvalue weighted by molar-refractivity contribution is 5.71. The number of hydrogen-bond donors (Lipinski definition) is 2. The van der Waals surface area contributed by atoms with Crippen molar-refractivity contribution in [1.29, 1.82) is 0 Å². The number of pyridine rings is 1. The van der Waals surface area contributed by atoms with Gasteiger partial charge in [-0.25, -0.2) is 0 Å². The van der Waals surface area contributed by atoms with Crippen molar-refractivity contribution in [3.8, 4) is 11.5 Å². The van der Waals surface area contributed by atoms with Gasteiger partial charge in [0, 0.05) is 36.0 Å². The molecule has 1 aromatic heterocycles. The number of benzene rings is 2. The van der Waals surface area contributed by atoms with Crippen molar-refractivity contribution in [2.24, 2.45) is 0 Å².